The van der Waals surface area contributed by atoms with Gasteiger partial charge in [-0.15, -0.1) is 6.58 Å². The predicted octanol–water partition coefficient (Wildman–Crippen LogP) is 2.05. The number of fused-ring (bicyclic) bond motifs is 2. The molecule has 6 N–H and O–H groups in total. The predicted molar refractivity (Wildman–Crippen MR) is 171 cm³/mol. The Morgan fingerprint density at radius 1 is 1.13 bits per heavy atom. The first kappa shape index (κ1) is 37.9. The number of hydrogen-bond donors (Lipinski definition) is 4. The number of Topliss-reactive ketones (excluding diaryl/α,β-unsaturated/α-hetero) is 1. The lowest BCUT2D eigenvalue weighted by atomic mass is 9.85. The Morgan fingerprint density at radius 3 is 2.41 bits per heavy atom. The van der Waals surface area contributed by atoms with Crippen molar-refractivity contribution in [2.75, 3.05) is 27.3 Å². The molecule has 0 radical (unpaired) electrons. The topological polar surface area (TPSA) is 198 Å². The second-order valence-electron chi connectivity index (χ2n) is 11.3. The van der Waals surface area contributed by atoms with E-state index in [0.717, 1.165) is 6.08 Å². The Kier molecular flexibility index (Phi) is 14.8. The van der Waals surface area contributed by atoms with Crippen molar-refractivity contribution < 1.29 is 42.9 Å². The highest BCUT2D eigenvalue weighted by atomic mass is 16.6. The van der Waals surface area contributed by atoms with Crippen molar-refractivity contribution in [3.05, 3.63) is 71.1 Å². The largest absolute Gasteiger partial charge is 0.458 e. The number of amides is 2. The molecule has 2 aliphatic rings. The number of rotatable bonds is 8. The van der Waals surface area contributed by atoms with E-state index in [1.807, 2.05) is 6.92 Å². The molecule has 2 amide bonds. The van der Waals surface area contributed by atoms with Crippen molar-refractivity contribution in [2.45, 2.75) is 65.0 Å². The molecular formula is C33H46N4O9. The van der Waals surface area contributed by atoms with Crippen LogP contribution in [0.4, 0.5) is 4.79 Å². The van der Waals surface area contributed by atoms with Crippen LogP contribution in [-0.2, 0) is 38.1 Å². The van der Waals surface area contributed by atoms with Crippen molar-refractivity contribution in [3.8, 4) is 0 Å². The Hall–Kier alpha value is -4.33. The summed E-state index contributed by atoms with van der Waals surface area (Å²) in [6, 6.07) is 0. The lowest BCUT2D eigenvalue weighted by Gasteiger charge is -2.32. The van der Waals surface area contributed by atoms with E-state index in [4.69, 9.17) is 30.4 Å². The molecule has 6 atom stereocenters. The van der Waals surface area contributed by atoms with Gasteiger partial charge in [0.25, 0.3) is 5.91 Å². The summed E-state index contributed by atoms with van der Waals surface area (Å²) in [5, 5.41) is 5.52. The van der Waals surface area contributed by atoms with Gasteiger partial charge in [-0.25, -0.2) is 4.79 Å². The van der Waals surface area contributed by atoms with Crippen molar-refractivity contribution in [1.29, 1.82) is 0 Å². The molecule has 0 spiro atoms. The quantitative estimate of drug-likeness (QED) is 0.172. The molecule has 0 saturated heterocycles. The number of ether oxygens (including phenoxy) is 4. The molecule has 0 aromatic heterocycles. The van der Waals surface area contributed by atoms with Gasteiger partial charge in [-0.05, 0) is 38.2 Å². The van der Waals surface area contributed by atoms with E-state index in [-0.39, 0.29) is 48.0 Å². The zero-order valence-corrected chi connectivity index (χ0v) is 27.3. The summed E-state index contributed by atoms with van der Waals surface area (Å²) in [5.41, 5.74) is 11.9. The van der Waals surface area contributed by atoms with Crippen LogP contribution >= 0.6 is 0 Å². The lowest BCUT2D eigenvalue weighted by molar-refractivity contribution is -0.158. The molecule has 0 aromatic rings. The molecule has 0 fully saturated rings. The van der Waals surface area contributed by atoms with E-state index >= 15 is 0 Å². The fourth-order valence-corrected chi connectivity index (χ4v) is 5.32. The van der Waals surface area contributed by atoms with Gasteiger partial charge in [-0.1, -0.05) is 44.2 Å². The van der Waals surface area contributed by atoms with Gasteiger partial charge in [0.05, 0.1) is 24.0 Å². The number of nitrogens with two attached hydrogens (primary N) is 2. The molecule has 1 aliphatic carbocycles. The molecule has 0 saturated carbocycles. The minimum atomic E-state index is -1.03. The van der Waals surface area contributed by atoms with E-state index in [2.05, 4.69) is 17.2 Å². The second kappa shape index (κ2) is 18.0. The summed E-state index contributed by atoms with van der Waals surface area (Å²) in [6.07, 6.45) is 5.07. The molecule has 2 rings (SSSR count). The first-order valence-electron chi connectivity index (χ1n) is 14.9. The summed E-state index contributed by atoms with van der Waals surface area (Å²) in [4.78, 5) is 64.2. The van der Waals surface area contributed by atoms with E-state index < -0.39 is 59.9 Å². The fraction of sp³-hybridized carbons (Fsp3) is 0.485. The highest BCUT2D eigenvalue weighted by Gasteiger charge is 2.35. The first-order valence-corrected chi connectivity index (χ1v) is 14.9. The summed E-state index contributed by atoms with van der Waals surface area (Å²) in [7, 11) is 2.89. The highest BCUT2D eigenvalue weighted by Crippen LogP contribution is 2.30. The standard InChI is InChI=1S/C33H46N4O9/c1-8-12-36-28-22-13-18(2)14-26(44-7)31(45-27(39)17-34)21(5)15-20(4)30(46-33(35)42)25(43-6)11-9-10-19(3)32(41)37-23(29(22)40)16-24(28)38/h8-11,15-16,18,21,25-26,30-31,36H,1,12-14,17,34H2,2-7H3,(H2,35,42)(H,37,41)/b11-9-,19-10+,20-15+/t18-,21+,25+,26+,30+,31+/m1/s1. The SMILES string of the molecule is C=CCNC1=C2C[C@@H](C)C[C@H](OC)[C@@H](OC(=O)CN)[C@@H](C)/C=C(\C)[C@H](OC(N)=O)[C@@H](OC)/C=C\C=C(/C)C(=O)NC(=CC1=O)C2=O. The van der Waals surface area contributed by atoms with Gasteiger partial charge in [-0.2, -0.15) is 0 Å². The van der Waals surface area contributed by atoms with E-state index in [0.29, 0.717) is 12.0 Å². The number of carbonyl (C=O) groups excluding carboxylic acids is 5. The molecule has 1 aliphatic heterocycles. The van der Waals surface area contributed by atoms with Crippen LogP contribution in [0.5, 0.6) is 0 Å². The molecule has 13 heteroatoms. The molecule has 1 heterocycles. The smallest absolute Gasteiger partial charge is 0.405 e. The van der Waals surface area contributed by atoms with Gasteiger partial charge in [0.15, 0.2) is 6.10 Å². The number of hydrogen-bond acceptors (Lipinski definition) is 11. The third-order valence-corrected chi connectivity index (χ3v) is 7.62. The van der Waals surface area contributed by atoms with Crippen molar-refractivity contribution in [3.63, 3.8) is 0 Å². The van der Waals surface area contributed by atoms with E-state index in [9.17, 15) is 24.0 Å². The fourth-order valence-electron chi connectivity index (χ4n) is 5.32. The molecule has 46 heavy (non-hydrogen) atoms. The molecular weight excluding hydrogens is 596 g/mol. The maximum Gasteiger partial charge on any atom is 0.405 e. The normalized spacial score (nSPS) is 29.7. The third kappa shape index (κ3) is 10.4. The molecule has 252 valence electrons. The minimum absolute atomic E-state index is 0.119. The number of allylic oxidation sites excluding steroid dienone is 4. The zero-order chi connectivity index (χ0) is 34.6. The van der Waals surface area contributed by atoms with Crippen LogP contribution in [0.3, 0.4) is 0 Å². The van der Waals surface area contributed by atoms with Crippen LogP contribution in [0.2, 0.25) is 0 Å². The van der Waals surface area contributed by atoms with Crippen molar-refractivity contribution in [2.24, 2.45) is 23.3 Å². The lowest BCUT2D eigenvalue weighted by Crippen LogP contribution is -2.41. The Bertz CT molecular complexity index is 1340. The number of nitrogens with one attached hydrogen (secondary N) is 2. The van der Waals surface area contributed by atoms with Gasteiger partial charge >= 0.3 is 12.1 Å². The van der Waals surface area contributed by atoms with Crippen LogP contribution in [0, 0.1) is 11.8 Å². The van der Waals surface area contributed by atoms with Gasteiger partial charge in [0, 0.05) is 43.9 Å². The number of primary amides is 1. The number of esters is 1. The Labute approximate surface area is 269 Å². The summed E-state index contributed by atoms with van der Waals surface area (Å²) in [6.45, 7) is 10.5. The highest BCUT2D eigenvalue weighted by molar-refractivity contribution is 6.23. The molecule has 13 nitrogen and oxygen atoms in total. The van der Waals surface area contributed by atoms with Crippen molar-refractivity contribution >= 4 is 29.5 Å². The second-order valence-corrected chi connectivity index (χ2v) is 11.3. The average molecular weight is 643 g/mol. The van der Waals surface area contributed by atoms with Gasteiger partial charge < -0.3 is 41.0 Å². The summed E-state index contributed by atoms with van der Waals surface area (Å²) in [5.74, 6) is -3.00. The maximum absolute atomic E-state index is 13.7. The number of carbonyl (C=O) groups is 5. The van der Waals surface area contributed by atoms with Crippen LogP contribution in [0.1, 0.15) is 40.5 Å². The summed E-state index contributed by atoms with van der Waals surface area (Å²) < 4.78 is 22.6. The van der Waals surface area contributed by atoms with Crippen LogP contribution in [0.15, 0.2) is 71.1 Å². The average Bonchev–Trinajstić information content (AvgIpc) is 3.01. The van der Waals surface area contributed by atoms with Crippen molar-refractivity contribution in [1.82, 2.24) is 10.6 Å². The van der Waals surface area contributed by atoms with Crippen LogP contribution in [-0.4, -0.2) is 81.3 Å². The molecule has 0 unspecified atom stereocenters. The summed E-state index contributed by atoms with van der Waals surface area (Å²) >= 11 is 0. The molecule has 0 aromatic carbocycles. The first-order chi connectivity index (χ1) is 21.8. The maximum atomic E-state index is 13.7. The van der Waals surface area contributed by atoms with Gasteiger partial charge in [-0.3, -0.25) is 19.2 Å². The Balaban J connectivity index is 2.73. The van der Waals surface area contributed by atoms with Gasteiger partial charge in [0.2, 0.25) is 11.6 Å². The van der Waals surface area contributed by atoms with Gasteiger partial charge in [0.1, 0.15) is 12.2 Å². The minimum Gasteiger partial charge on any atom is -0.458 e. The number of methoxy groups -OCH3 is 2. The van der Waals surface area contributed by atoms with Crippen LogP contribution < -0.4 is 22.1 Å². The monoisotopic (exact) mass is 642 g/mol. The van der Waals surface area contributed by atoms with Crippen LogP contribution in [0.25, 0.3) is 0 Å². The number of ketones is 2. The zero-order valence-electron chi connectivity index (χ0n) is 27.3. The Morgan fingerprint density at radius 2 is 1.83 bits per heavy atom. The van der Waals surface area contributed by atoms with E-state index in [1.165, 1.54) is 33.3 Å². The molecule has 2 bridgehead atoms. The van der Waals surface area contributed by atoms with E-state index in [1.54, 1.807) is 32.1 Å². The third-order valence-electron chi connectivity index (χ3n) is 7.62.